The fourth-order valence-electron chi connectivity index (χ4n) is 4.07. The molecular weight excluding hydrogens is 340 g/mol. The van der Waals surface area contributed by atoms with E-state index < -0.39 is 10.2 Å². The molecule has 1 N–H and O–H groups in total. The highest BCUT2D eigenvalue weighted by Gasteiger charge is 2.33. The maximum atomic E-state index is 12.6. The average Bonchev–Trinajstić information content (AvgIpc) is 3.17. The Labute approximate surface area is 151 Å². The lowest BCUT2D eigenvalue weighted by molar-refractivity contribution is -0.122. The number of nitrogens with zero attached hydrogens (tertiary/aromatic N) is 3. The van der Waals surface area contributed by atoms with Crippen molar-refractivity contribution in [1.29, 1.82) is 0 Å². The molecule has 1 amide bonds. The summed E-state index contributed by atoms with van der Waals surface area (Å²) in [5.41, 5.74) is 0. The Morgan fingerprint density at radius 3 is 2.08 bits per heavy atom. The molecular formula is C17H32N4O3S. The standard InChI is InChI=1S/C17H32N4O3S/c22-17(18-16-6-2-1-3-7-16)8-11-19-12-14-21(15-13-19)25(23,24)20-9-4-5-10-20/h16H,1-15H2,(H,18,22). The maximum Gasteiger partial charge on any atom is 0.282 e. The fourth-order valence-corrected chi connectivity index (χ4v) is 5.74. The zero-order valence-electron chi connectivity index (χ0n) is 15.2. The minimum absolute atomic E-state index is 0.138. The van der Waals surface area contributed by atoms with Gasteiger partial charge in [-0.1, -0.05) is 19.3 Å². The summed E-state index contributed by atoms with van der Waals surface area (Å²) in [5, 5.41) is 3.15. The lowest BCUT2D eigenvalue weighted by Crippen LogP contribution is -2.53. The highest BCUT2D eigenvalue weighted by atomic mass is 32.2. The quantitative estimate of drug-likeness (QED) is 0.748. The van der Waals surface area contributed by atoms with Crippen molar-refractivity contribution in [2.24, 2.45) is 0 Å². The highest BCUT2D eigenvalue weighted by molar-refractivity contribution is 7.86. The van der Waals surface area contributed by atoms with Crippen molar-refractivity contribution in [3.63, 3.8) is 0 Å². The summed E-state index contributed by atoms with van der Waals surface area (Å²) in [5.74, 6) is 0.138. The van der Waals surface area contributed by atoms with Crippen LogP contribution in [-0.2, 0) is 15.0 Å². The van der Waals surface area contributed by atoms with Crippen molar-refractivity contribution in [3.05, 3.63) is 0 Å². The average molecular weight is 373 g/mol. The lowest BCUT2D eigenvalue weighted by atomic mass is 9.95. The first-order valence-electron chi connectivity index (χ1n) is 9.82. The van der Waals surface area contributed by atoms with Gasteiger partial charge in [-0.15, -0.1) is 0 Å². The number of rotatable bonds is 6. The number of hydrogen-bond acceptors (Lipinski definition) is 4. The van der Waals surface area contributed by atoms with Gasteiger partial charge in [-0.05, 0) is 25.7 Å². The van der Waals surface area contributed by atoms with Crippen LogP contribution in [0.5, 0.6) is 0 Å². The summed E-state index contributed by atoms with van der Waals surface area (Å²) in [6.45, 7) is 4.52. The predicted octanol–water partition coefficient (Wildman–Crippen LogP) is 0.784. The third-order valence-electron chi connectivity index (χ3n) is 5.67. The molecule has 2 saturated heterocycles. The van der Waals surface area contributed by atoms with Crippen LogP contribution in [0.4, 0.5) is 0 Å². The Bertz CT molecular complexity index is 534. The highest BCUT2D eigenvalue weighted by Crippen LogP contribution is 2.19. The Hall–Kier alpha value is -0.700. The van der Waals surface area contributed by atoms with E-state index in [9.17, 15) is 13.2 Å². The molecule has 7 nitrogen and oxygen atoms in total. The van der Waals surface area contributed by atoms with Crippen LogP contribution in [0.2, 0.25) is 0 Å². The topological polar surface area (TPSA) is 73.0 Å². The molecule has 1 saturated carbocycles. The van der Waals surface area contributed by atoms with Crippen molar-refractivity contribution in [2.45, 2.75) is 57.4 Å². The Kier molecular flexibility index (Phi) is 6.71. The molecule has 0 atom stereocenters. The van der Waals surface area contributed by atoms with Gasteiger partial charge in [0.15, 0.2) is 0 Å². The summed E-state index contributed by atoms with van der Waals surface area (Å²) < 4.78 is 28.3. The molecule has 144 valence electrons. The van der Waals surface area contributed by atoms with Crippen LogP contribution >= 0.6 is 0 Å². The zero-order chi connectivity index (χ0) is 17.7. The number of nitrogens with one attached hydrogen (secondary N) is 1. The van der Waals surface area contributed by atoms with Gasteiger partial charge in [-0.2, -0.15) is 17.0 Å². The van der Waals surface area contributed by atoms with Gasteiger partial charge in [0, 0.05) is 58.3 Å². The first kappa shape index (κ1) is 19.1. The second-order valence-electron chi connectivity index (χ2n) is 7.51. The van der Waals surface area contributed by atoms with E-state index in [1.165, 1.54) is 19.3 Å². The van der Waals surface area contributed by atoms with Gasteiger partial charge in [0.05, 0.1) is 0 Å². The van der Waals surface area contributed by atoms with E-state index in [-0.39, 0.29) is 5.91 Å². The molecule has 0 aromatic rings. The van der Waals surface area contributed by atoms with Crippen LogP contribution in [0.3, 0.4) is 0 Å². The molecule has 3 fully saturated rings. The molecule has 0 aromatic carbocycles. The molecule has 3 rings (SSSR count). The summed E-state index contributed by atoms with van der Waals surface area (Å²) in [4.78, 5) is 14.3. The van der Waals surface area contributed by atoms with E-state index >= 15 is 0 Å². The molecule has 0 bridgehead atoms. The van der Waals surface area contributed by atoms with Crippen LogP contribution in [0.25, 0.3) is 0 Å². The van der Waals surface area contributed by atoms with Crippen LogP contribution in [0.1, 0.15) is 51.4 Å². The number of carbonyl (C=O) groups excluding carboxylic acids is 1. The van der Waals surface area contributed by atoms with Crippen LogP contribution in [0, 0.1) is 0 Å². The molecule has 0 aromatic heterocycles. The van der Waals surface area contributed by atoms with E-state index in [2.05, 4.69) is 10.2 Å². The molecule has 2 heterocycles. The number of hydrogen-bond donors (Lipinski definition) is 1. The summed E-state index contributed by atoms with van der Waals surface area (Å²) in [6, 6.07) is 0.365. The van der Waals surface area contributed by atoms with E-state index in [0.29, 0.717) is 51.7 Å². The van der Waals surface area contributed by atoms with Crippen molar-refractivity contribution >= 4 is 16.1 Å². The largest absolute Gasteiger partial charge is 0.353 e. The van der Waals surface area contributed by atoms with Gasteiger partial charge in [0.1, 0.15) is 0 Å². The van der Waals surface area contributed by atoms with Crippen molar-refractivity contribution < 1.29 is 13.2 Å². The number of amides is 1. The van der Waals surface area contributed by atoms with Crippen molar-refractivity contribution in [1.82, 2.24) is 18.8 Å². The second-order valence-corrected chi connectivity index (χ2v) is 9.44. The fraction of sp³-hybridized carbons (Fsp3) is 0.941. The number of carbonyl (C=O) groups is 1. The normalized spacial score (nSPS) is 25.3. The second kappa shape index (κ2) is 8.79. The maximum absolute atomic E-state index is 12.6. The molecule has 1 aliphatic carbocycles. The minimum Gasteiger partial charge on any atom is -0.353 e. The molecule has 8 heteroatoms. The Morgan fingerprint density at radius 1 is 0.840 bits per heavy atom. The first-order valence-corrected chi connectivity index (χ1v) is 11.2. The van der Waals surface area contributed by atoms with E-state index in [1.54, 1.807) is 8.61 Å². The van der Waals surface area contributed by atoms with Gasteiger partial charge in [0.25, 0.3) is 10.2 Å². The van der Waals surface area contributed by atoms with Crippen molar-refractivity contribution in [2.75, 3.05) is 45.8 Å². The summed E-state index contributed by atoms with van der Waals surface area (Å²) in [6.07, 6.45) is 8.39. The van der Waals surface area contributed by atoms with Gasteiger partial charge < -0.3 is 10.2 Å². The van der Waals surface area contributed by atoms with Crippen LogP contribution in [-0.4, -0.2) is 79.7 Å². The molecule has 2 aliphatic heterocycles. The van der Waals surface area contributed by atoms with Gasteiger partial charge in [-0.25, -0.2) is 0 Å². The van der Waals surface area contributed by atoms with Crippen LogP contribution in [0.15, 0.2) is 0 Å². The third kappa shape index (κ3) is 5.15. The van der Waals surface area contributed by atoms with Gasteiger partial charge in [0.2, 0.25) is 5.91 Å². The Balaban J connectivity index is 1.36. The predicted molar refractivity (Wildman–Crippen MR) is 97.4 cm³/mol. The first-order chi connectivity index (χ1) is 12.1. The summed E-state index contributed by atoms with van der Waals surface area (Å²) >= 11 is 0. The minimum atomic E-state index is -3.27. The van der Waals surface area contributed by atoms with Gasteiger partial charge in [-0.3, -0.25) is 4.79 Å². The lowest BCUT2D eigenvalue weighted by Gasteiger charge is -2.35. The SMILES string of the molecule is O=C(CCN1CCN(S(=O)(=O)N2CCCC2)CC1)NC1CCCCC1. The van der Waals surface area contributed by atoms with E-state index in [4.69, 9.17) is 0 Å². The third-order valence-corrected chi connectivity index (χ3v) is 7.71. The molecule has 3 aliphatic rings. The van der Waals surface area contributed by atoms with E-state index in [1.807, 2.05) is 0 Å². The zero-order valence-corrected chi connectivity index (χ0v) is 16.0. The van der Waals surface area contributed by atoms with E-state index in [0.717, 1.165) is 32.2 Å². The van der Waals surface area contributed by atoms with Crippen LogP contribution < -0.4 is 5.32 Å². The monoisotopic (exact) mass is 372 g/mol. The number of piperazine rings is 1. The van der Waals surface area contributed by atoms with Crippen molar-refractivity contribution in [3.8, 4) is 0 Å². The molecule has 0 spiro atoms. The molecule has 0 unspecified atom stereocenters. The Morgan fingerprint density at radius 2 is 1.44 bits per heavy atom. The molecule has 0 radical (unpaired) electrons. The smallest absolute Gasteiger partial charge is 0.282 e. The summed E-state index contributed by atoms with van der Waals surface area (Å²) in [7, 11) is -3.27. The van der Waals surface area contributed by atoms with Gasteiger partial charge >= 0.3 is 0 Å². The molecule has 25 heavy (non-hydrogen) atoms.